The molecule has 1 heterocycles. The summed E-state index contributed by atoms with van der Waals surface area (Å²) in [6, 6.07) is 12.8. The standard InChI is InChI=1S/C16H21N3/c17-14-8-5-12(6-9-14)11-18-16-10-7-13-3-1-2-4-15(13)19-16/h1-4,7,10,12,14H,5-6,8-9,11,17H2,(H,18,19). The van der Waals surface area contributed by atoms with Gasteiger partial charge in [0, 0.05) is 18.0 Å². The van der Waals surface area contributed by atoms with Crippen LogP contribution in [0, 0.1) is 5.92 Å². The molecule has 0 spiro atoms. The minimum absolute atomic E-state index is 0.426. The summed E-state index contributed by atoms with van der Waals surface area (Å²) in [5.74, 6) is 1.72. The summed E-state index contributed by atoms with van der Waals surface area (Å²) in [7, 11) is 0. The van der Waals surface area contributed by atoms with Gasteiger partial charge in [-0.3, -0.25) is 0 Å². The second-order valence-corrected chi connectivity index (χ2v) is 5.55. The van der Waals surface area contributed by atoms with Gasteiger partial charge in [-0.2, -0.15) is 0 Å². The van der Waals surface area contributed by atoms with Crippen LogP contribution in [-0.2, 0) is 0 Å². The first-order chi connectivity index (χ1) is 9.31. The Labute approximate surface area is 114 Å². The van der Waals surface area contributed by atoms with Crippen LogP contribution in [-0.4, -0.2) is 17.6 Å². The summed E-state index contributed by atoms with van der Waals surface area (Å²) in [5.41, 5.74) is 6.99. The minimum Gasteiger partial charge on any atom is -0.370 e. The molecule has 1 fully saturated rings. The number of hydrogen-bond donors (Lipinski definition) is 2. The Morgan fingerprint density at radius 3 is 2.68 bits per heavy atom. The lowest BCUT2D eigenvalue weighted by Crippen LogP contribution is -2.29. The molecule has 0 radical (unpaired) electrons. The molecule has 0 saturated heterocycles. The van der Waals surface area contributed by atoms with Crippen molar-refractivity contribution < 1.29 is 0 Å². The highest BCUT2D eigenvalue weighted by molar-refractivity contribution is 5.79. The summed E-state index contributed by atoms with van der Waals surface area (Å²) >= 11 is 0. The van der Waals surface area contributed by atoms with E-state index in [9.17, 15) is 0 Å². The van der Waals surface area contributed by atoms with Crippen LogP contribution in [0.15, 0.2) is 36.4 Å². The first-order valence-corrected chi connectivity index (χ1v) is 7.16. The number of nitrogens with zero attached hydrogens (tertiary/aromatic N) is 1. The fourth-order valence-corrected chi connectivity index (χ4v) is 2.81. The van der Waals surface area contributed by atoms with Crippen LogP contribution in [0.25, 0.3) is 10.9 Å². The molecule has 3 rings (SSSR count). The molecule has 0 aliphatic heterocycles. The lowest BCUT2D eigenvalue weighted by molar-refractivity contribution is 0.338. The maximum absolute atomic E-state index is 5.93. The molecule has 3 heteroatoms. The van der Waals surface area contributed by atoms with Crippen molar-refractivity contribution in [2.45, 2.75) is 31.7 Å². The van der Waals surface area contributed by atoms with Gasteiger partial charge in [-0.1, -0.05) is 18.2 Å². The van der Waals surface area contributed by atoms with Gasteiger partial charge in [0.15, 0.2) is 0 Å². The smallest absolute Gasteiger partial charge is 0.126 e. The van der Waals surface area contributed by atoms with E-state index in [2.05, 4.69) is 34.6 Å². The van der Waals surface area contributed by atoms with Crippen LogP contribution in [0.2, 0.25) is 0 Å². The van der Waals surface area contributed by atoms with Gasteiger partial charge < -0.3 is 11.1 Å². The molecule has 3 N–H and O–H groups in total. The van der Waals surface area contributed by atoms with Crippen molar-refractivity contribution in [3.05, 3.63) is 36.4 Å². The molecule has 1 aromatic heterocycles. The molecule has 1 aromatic carbocycles. The van der Waals surface area contributed by atoms with Gasteiger partial charge in [0.05, 0.1) is 5.52 Å². The molecule has 0 bridgehead atoms. The van der Waals surface area contributed by atoms with Gasteiger partial charge in [0.25, 0.3) is 0 Å². The molecular formula is C16H21N3. The van der Waals surface area contributed by atoms with Crippen LogP contribution < -0.4 is 11.1 Å². The molecule has 1 aliphatic rings. The van der Waals surface area contributed by atoms with Crippen LogP contribution in [0.3, 0.4) is 0 Å². The maximum atomic E-state index is 5.93. The summed E-state index contributed by atoms with van der Waals surface area (Å²) in [6.07, 6.45) is 4.80. The number of aromatic nitrogens is 1. The van der Waals surface area contributed by atoms with Crippen molar-refractivity contribution in [3.63, 3.8) is 0 Å². The Morgan fingerprint density at radius 1 is 1.05 bits per heavy atom. The van der Waals surface area contributed by atoms with Crippen molar-refractivity contribution in [3.8, 4) is 0 Å². The number of para-hydroxylation sites is 1. The lowest BCUT2D eigenvalue weighted by atomic mass is 9.86. The average Bonchev–Trinajstić information content (AvgIpc) is 2.46. The van der Waals surface area contributed by atoms with Crippen LogP contribution >= 0.6 is 0 Å². The van der Waals surface area contributed by atoms with Gasteiger partial charge in [0.2, 0.25) is 0 Å². The molecule has 19 heavy (non-hydrogen) atoms. The summed E-state index contributed by atoms with van der Waals surface area (Å²) in [4.78, 5) is 4.64. The van der Waals surface area contributed by atoms with E-state index in [0.717, 1.165) is 36.6 Å². The monoisotopic (exact) mass is 255 g/mol. The van der Waals surface area contributed by atoms with Crippen molar-refractivity contribution >= 4 is 16.7 Å². The third kappa shape index (κ3) is 3.04. The van der Waals surface area contributed by atoms with E-state index in [0.29, 0.717) is 6.04 Å². The van der Waals surface area contributed by atoms with Gasteiger partial charge in [-0.15, -0.1) is 0 Å². The SMILES string of the molecule is NC1CCC(CNc2ccc3ccccc3n2)CC1. The Bertz CT molecular complexity index is 544. The van der Waals surface area contributed by atoms with Crippen LogP contribution in [0.5, 0.6) is 0 Å². The lowest BCUT2D eigenvalue weighted by Gasteiger charge is -2.26. The van der Waals surface area contributed by atoms with E-state index in [1.807, 2.05) is 12.1 Å². The number of anilines is 1. The first kappa shape index (κ1) is 12.4. The quantitative estimate of drug-likeness (QED) is 0.885. The molecule has 0 amide bonds. The molecule has 0 atom stereocenters. The van der Waals surface area contributed by atoms with E-state index in [1.165, 1.54) is 18.2 Å². The molecule has 1 aliphatic carbocycles. The largest absolute Gasteiger partial charge is 0.370 e. The number of benzene rings is 1. The summed E-state index contributed by atoms with van der Waals surface area (Å²) in [6.45, 7) is 1.01. The van der Waals surface area contributed by atoms with Crippen LogP contribution in [0.4, 0.5) is 5.82 Å². The second-order valence-electron chi connectivity index (χ2n) is 5.55. The Balaban J connectivity index is 1.62. The highest BCUT2D eigenvalue weighted by atomic mass is 15.0. The number of nitrogens with two attached hydrogens (primary N) is 1. The van der Waals surface area contributed by atoms with Gasteiger partial charge in [-0.25, -0.2) is 4.98 Å². The first-order valence-electron chi connectivity index (χ1n) is 7.16. The number of pyridine rings is 1. The van der Waals surface area contributed by atoms with Crippen molar-refractivity contribution in [1.82, 2.24) is 4.98 Å². The zero-order valence-electron chi connectivity index (χ0n) is 11.2. The normalized spacial score (nSPS) is 23.4. The summed E-state index contributed by atoms with van der Waals surface area (Å²) in [5, 5.41) is 4.66. The van der Waals surface area contributed by atoms with E-state index in [1.54, 1.807) is 0 Å². The third-order valence-electron chi connectivity index (χ3n) is 4.06. The third-order valence-corrected chi connectivity index (χ3v) is 4.06. The Morgan fingerprint density at radius 2 is 1.84 bits per heavy atom. The minimum atomic E-state index is 0.426. The fourth-order valence-electron chi connectivity index (χ4n) is 2.81. The highest BCUT2D eigenvalue weighted by Gasteiger charge is 2.18. The van der Waals surface area contributed by atoms with E-state index >= 15 is 0 Å². The molecule has 2 aromatic rings. The fraction of sp³-hybridized carbons (Fsp3) is 0.438. The van der Waals surface area contributed by atoms with Crippen molar-refractivity contribution in [2.24, 2.45) is 11.7 Å². The molecule has 1 saturated carbocycles. The van der Waals surface area contributed by atoms with Gasteiger partial charge in [-0.05, 0) is 49.8 Å². The zero-order valence-corrected chi connectivity index (χ0v) is 11.2. The van der Waals surface area contributed by atoms with E-state index in [4.69, 9.17) is 5.73 Å². The van der Waals surface area contributed by atoms with Gasteiger partial charge in [0.1, 0.15) is 5.82 Å². The highest BCUT2D eigenvalue weighted by Crippen LogP contribution is 2.23. The van der Waals surface area contributed by atoms with E-state index < -0.39 is 0 Å². The number of rotatable bonds is 3. The molecule has 3 nitrogen and oxygen atoms in total. The van der Waals surface area contributed by atoms with Crippen LogP contribution in [0.1, 0.15) is 25.7 Å². The molecule has 0 unspecified atom stereocenters. The van der Waals surface area contributed by atoms with Gasteiger partial charge >= 0.3 is 0 Å². The van der Waals surface area contributed by atoms with Crippen molar-refractivity contribution in [1.29, 1.82) is 0 Å². The Hall–Kier alpha value is -1.61. The average molecular weight is 255 g/mol. The molecule has 100 valence electrons. The maximum Gasteiger partial charge on any atom is 0.126 e. The van der Waals surface area contributed by atoms with Crippen molar-refractivity contribution in [2.75, 3.05) is 11.9 Å². The molecular weight excluding hydrogens is 234 g/mol. The van der Waals surface area contributed by atoms with E-state index in [-0.39, 0.29) is 0 Å². The topological polar surface area (TPSA) is 50.9 Å². The second kappa shape index (κ2) is 5.57. The number of fused-ring (bicyclic) bond motifs is 1. The zero-order chi connectivity index (χ0) is 13.1. The predicted octanol–water partition coefficient (Wildman–Crippen LogP) is 3.16. The summed E-state index contributed by atoms with van der Waals surface area (Å²) < 4.78 is 0. The predicted molar refractivity (Wildman–Crippen MR) is 80.2 cm³/mol. The number of hydrogen-bond acceptors (Lipinski definition) is 3. The Kier molecular flexibility index (Phi) is 3.65. The number of nitrogens with one attached hydrogen (secondary N) is 1.